The van der Waals surface area contributed by atoms with E-state index in [-0.39, 0.29) is 23.8 Å². The lowest BCUT2D eigenvalue weighted by atomic mass is 10.0. The molecule has 0 saturated carbocycles. The maximum atomic E-state index is 13.9. The Morgan fingerprint density at radius 1 is 1.42 bits per heavy atom. The van der Waals surface area contributed by atoms with Crippen molar-refractivity contribution in [3.63, 3.8) is 0 Å². The SMILES string of the molecule is CC(C)n1c(C2COCC2N)nc2c(F)cccc21. The smallest absolute Gasteiger partial charge is 0.151 e. The average Bonchev–Trinajstić information content (AvgIpc) is 2.92. The summed E-state index contributed by atoms with van der Waals surface area (Å²) < 4.78 is 21.4. The molecule has 0 amide bonds. The van der Waals surface area contributed by atoms with Gasteiger partial charge in [0.15, 0.2) is 5.82 Å². The molecular formula is C14H18FN3O. The molecule has 1 aromatic carbocycles. The van der Waals surface area contributed by atoms with E-state index in [0.29, 0.717) is 18.7 Å². The van der Waals surface area contributed by atoms with Gasteiger partial charge in [0, 0.05) is 12.1 Å². The first-order valence-electron chi connectivity index (χ1n) is 6.59. The van der Waals surface area contributed by atoms with E-state index in [0.717, 1.165) is 11.3 Å². The molecule has 2 atom stereocenters. The van der Waals surface area contributed by atoms with Crippen LogP contribution in [0.5, 0.6) is 0 Å². The molecule has 5 heteroatoms. The van der Waals surface area contributed by atoms with Crippen LogP contribution in [0.3, 0.4) is 0 Å². The van der Waals surface area contributed by atoms with Gasteiger partial charge in [-0.15, -0.1) is 0 Å². The van der Waals surface area contributed by atoms with Gasteiger partial charge in [-0.2, -0.15) is 0 Å². The quantitative estimate of drug-likeness (QED) is 0.903. The highest BCUT2D eigenvalue weighted by atomic mass is 19.1. The number of halogens is 1. The number of para-hydroxylation sites is 1. The van der Waals surface area contributed by atoms with Gasteiger partial charge in [0.1, 0.15) is 11.3 Å². The molecule has 1 aliphatic rings. The maximum absolute atomic E-state index is 13.9. The highest BCUT2D eigenvalue weighted by Crippen LogP contribution is 2.31. The summed E-state index contributed by atoms with van der Waals surface area (Å²) in [6.45, 7) is 5.22. The van der Waals surface area contributed by atoms with E-state index in [1.54, 1.807) is 6.07 Å². The van der Waals surface area contributed by atoms with E-state index in [9.17, 15) is 4.39 Å². The largest absolute Gasteiger partial charge is 0.379 e. The van der Waals surface area contributed by atoms with Crippen molar-refractivity contribution >= 4 is 11.0 Å². The second-order valence-electron chi connectivity index (χ2n) is 5.35. The molecule has 2 heterocycles. The van der Waals surface area contributed by atoms with E-state index >= 15 is 0 Å². The van der Waals surface area contributed by atoms with Gasteiger partial charge < -0.3 is 15.0 Å². The Kier molecular flexibility index (Phi) is 3.03. The van der Waals surface area contributed by atoms with Gasteiger partial charge in [0.05, 0.1) is 24.6 Å². The number of hydrogen-bond donors (Lipinski definition) is 1. The number of rotatable bonds is 2. The predicted molar refractivity (Wildman–Crippen MR) is 71.6 cm³/mol. The van der Waals surface area contributed by atoms with E-state index < -0.39 is 0 Å². The number of hydrogen-bond acceptors (Lipinski definition) is 3. The van der Waals surface area contributed by atoms with Gasteiger partial charge in [0.2, 0.25) is 0 Å². The first-order valence-corrected chi connectivity index (χ1v) is 6.59. The van der Waals surface area contributed by atoms with Crippen molar-refractivity contribution in [2.75, 3.05) is 13.2 Å². The zero-order valence-corrected chi connectivity index (χ0v) is 11.1. The molecule has 3 rings (SSSR count). The second kappa shape index (κ2) is 4.58. The number of nitrogens with zero attached hydrogens (tertiary/aromatic N) is 2. The van der Waals surface area contributed by atoms with Crippen molar-refractivity contribution in [3.8, 4) is 0 Å². The van der Waals surface area contributed by atoms with Crippen molar-refractivity contribution < 1.29 is 9.13 Å². The standard InChI is InChI=1S/C14H18FN3O/c1-8(2)18-12-5-3-4-10(15)13(12)17-14(18)9-6-19-7-11(9)16/h3-5,8-9,11H,6-7,16H2,1-2H3. The molecule has 1 saturated heterocycles. The zero-order chi connectivity index (χ0) is 13.6. The van der Waals surface area contributed by atoms with Crippen molar-refractivity contribution in [2.45, 2.75) is 31.8 Å². The normalized spacial score (nSPS) is 23.6. The summed E-state index contributed by atoms with van der Waals surface area (Å²) in [4.78, 5) is 4.49. The lowest BCUT2D eigenvalue weighted by Crippen LogP contribution is -2.29. The third-order valence-electron chi connectivity index (χ3n) is 3.67. The molecule has 2 unspecified atom stereocenters. The summed E-state index contributed by atoms with van der Waals surface area (Å²) in [6.07, 6.45) is 0. The van der Waals surface area contributed by atoms with Crippen LogP contribution >= 0.6 is 0 Å². The molecule has 0 spiro atoms. The molecule has 2 aromatic rings. The Morgan fingerprint density at radius 2 is 2.21 bits per heavy atom. The molecule has 1 aromatic heterocycles. The summed E-state index contributed by atoms with van der Waals surface area (Å²) >= 11 is 0. The Balaban J connectivity index is 2.23. The monoisotopic (exact) mass is 263 g/mol. The Labute approximate surface area is 111 Å². The summed E-state index contributed by atoms with van der Waals surface area (Å²) in [7, 11) is 0. The minimum atomic E-state index is -0.286. The van der Waals surface area contributed by atoms with E-state index in [2.05, 4.69) is 23.4 Å². The maximum Gasteiger partial charge on any atom is 0.151 e. The molecular weight excluding hydrogens is 245 g/mol. The number of benzene rings is 1. The van der Waals surface area contributed by atoms with E-state index in [1.807, 2.05) is 6.07 Å². The Morgan fingerprint density at radius 3 is 2.84 bits per heavy atom. The lowest BCUT2D eigenvalue weighted by molar-refractivity contribution is 0.190. The van der Waals surface area contributed by atoms with Crippen molar-refractivity contribution in [1.29, 1.82) is 0 Å². The third-order valence-corrected chi connectivity index (χ3v) is 3.67. The third kappa shape index (κ3) is 1.93. The molecule has 102 valence electrons. The van der Waals surface area contributed by atoms with Crippen LogP contribution in [-0.4, -0.2) is 28.8 Å². The number of imidazole rings is 1. The fourth-order valence-corrected chi connectivity index (χ4v) is 2.74. The van der Waals surface area contributed by atoms with Gasteiger partial charge in [0.25, 0.3) is 0 Å². The van der Waals surface area contributed by atoms with Crippen LogP contribution in [0.15, 0.2) is 18.2 Å². The Hall–Kier alpha value is -1.46. The van der Waals surface area contributed by atoms with Crippen LogP contribution in [0.2, 0.25) is 0 Å². The van der Waals surface area contributed by atoms with Gasteiger partial charge in [-0.05, 0) is 26.0 Å². The van der Waals surface area contributed by atoms with Crippen LogP contribution in [0.25, 0.3) is 11.0 Å². The number of aromatic nitrogens is 2. The minimum absolute atomic E-state index is 0.0363. The molecule has 2 N–H and O–H groups in total. The summed E-state index contributed by atoms with van der Waals surface area (Å²) in [5.74, 6) is 0.583. The topological polar surface area (TPSA) is 53.1 Å². The Bertz CT molecular complexity index is 608. The summed E-state index contributed by atoms with van der Waals surface area (Å²) in [6, 6.07) is 5.19. The average molecular weight is 263 g/mol. The van der Waals surface area contributed by atoms with Gasteiger partial charge in [-0.1, -0.05) is 6.07 Å². The van der Waals surface area contributed by atoms with Crippen molar-refractivity contribution in [2.24, 2.45) is 5.73 Å². The zero-order valence-electron chi connectivity index (χ0n) is 11.1. The van der Waals surface area contributed by atoms with Crippen LogP contribution in [-0.2, 0) is 4.74 Å². The molecule has 0 bridgehead atoms. The fourth-order valence-electron chi connectivity index (χ4n) is 2.74. The molecule has 4 nitrogen and oxygen atoms in total. The molecule has 1 fully saturated rings. The minimum Gasteiger partial charge on any atom is -0.379 e. The molecule has 19 heavy (non-hydrogen) atoms. The number of fused-ring (bicyclic) bond motifs is 1. The molecule has 0 radical (unpaired) electrons. The first-order chi connectivity index (χ1) is 9.09. The van der Waals surface area contributed by atoms with Crippen molar-refractivity contribution in [3.05, 3.63) is 29.8 Å². The summed E-state index contributed by atoms with van der Waals surface area (Å²) in [5, 5.41) is 0. The lowest BCUT2D eigenvalue weighted by Gasteiger charge is -2.18. The second-order valence-corrected chi connectivity index (χ2v) is 5.35. The van der Waals surface area contributed by atoms with Crippen LogP contribution in [0.1, 0.15) is 31.6 Å². The van der Waals surface area contributed by atoms with Crippen LogP contribution in [0, 0.1) is 5.82 Å². The van der Waals surface area contributed by atoms with Gasteiger partial charge in [-0.25, -0.2) is 9.37 Å². The van der Waals surface area contributed by atoms with Crippen molar-refractivity contribution in [1.82, 2.24) is 9.55 Å². The van der Waals surface area contributed by atoms with Crippen LogP contribution in [0.4, 0.5) is 4.39 Å². The van der Waals surface area contributed by atoms with Crippen LogP contribution < -0.4 is 5.73 Å². The first kappa shape index (κ1) is 12.6. The molecule has 0 aliphatic carbocycles. The highest BCUT2D eigenvalue weighted by molar-refractivity contribution is 5.77. The number of nitrogens with two attached hydrogens (primary N) is 1. The number of ether oxygens (including phenoxy) is 1. The predicted octanol–water partition coefficient (Wildman–Crippen LogP) is 2.20. The fraction of sp³-hybridized carbons (Fsp3) is 0.500. The summed E-state index contributed by atoms with van der Waals surface area (Å²) in [5.41, 5.74) is 7.31. The highest BCUT2D eigenvalue weighted by Gasteiger charge is 2.32. The van der Waals surface area contributed by atoms with E-state index in [4.69, 9.17) is 10.5 Å². The molecule has 1 aliphatic heterocycles. The van der Waals surface area contributed by atoms with Gasteiger partial charge >= 0.3 is 0 Å². The van der Waals surface area contributed by atoms with E-state index in [1.165, 1.54) is 6.07 Å². The van der Waals surface area contributed by atoms with Gasteiger partial charge in [-0.3, -0.25) is 0 Å².